The molecule has 0 aliphatic rings. The van der Waals surface area contributed by atoms with Gasteiger partial charge in [0.05, 0.1) is 16.4 Å². The van der Waals surface area contributed by atoms with E-state index in [1.807, 2.05) is 30.3 Å². The van der Waals surface area contributed by atoms with E-state index in [2.05, 4.69) is 15.5 Å². The Morgan fingerprint density at radius 3 is 2.78 bits per heavy atom. The molecule has 0 spiro atoms. The molecule has 8 heteroatoms. The quantitative estimate of drug-likeness (QED) is 0.382. The summed E-state index contributed by atoms with van der Waals surface area (Å²) in [6.45, 7) is 0. The van der Waals surface area contributed by atoms with Crippen molar-refractivity contribution in [1.29, 1.82) is 0 Å². The van der Waals surface area contributed by atoms with Gasteiger partial charge >= 0.3 is 0 Å². The van der Waals surface area contributed by atoms with E-state index in [0.29, 0.717) is 16.4 Å². The number of furan rings is 1. The molecule has 0 saturated heterocycles. The molecule has 0 bridgehead atoms. The SMILES string of the molecule is O=C(N/N=C/c1ccc(Sc2nc3ccccc3s2)o1)c1ccc(F)cc1. The minimum Gasteiger partial charge on any atom is -0.448 e. The van der Waals surface area contributed by atoms with Gasteiger partial charge in [0.25, 0.3) is 5.91 Å². The Morgan fingerprint density at radius 1 is 1.15 bits per heavy atom. The number of aromatic nitrogens is 1. The molecule has 4 rings (SSSR count). The highest BCUT2D eigenvalue weighted by Crippen LogP contribution is 2.34. The second-order valence-electron chi connectivity index (χ2n) is 5.41. The van der Waals surface area contributed by atoms with Crippen LogP contribution in [0.1, 0.15) is 16.1 Å². The highest BCUT2D eigenvalue weighted by Gasteiger charge is 2.08. The smallest absolute Gasteiger partial charge is 0.271 e. The van der Waals surface area contributed by atoms with Gasteiger partial charge in [-0.2, -0.15) is 5.10 Å². The number of nitrogens with one attached hydrogen (secondary N) is 1. The highest BCUT2D eigenvalue weighted by atomic mass is 32.2. The van der Waals surface area contributed by atoms with Crippen molar-refractivity contribution in [2.24, 2.45) is 5.10 Å². The number of hydrazone groups is 1. The van der Waals surface area contributed by atoms with Crippen molar-refractivity contribution in [3.63, 3.8) is 0 Å². The highest BCUT2D eigenvalue weighted by molar-refractivity contribution is 8.01. The number of fused-ring (bicyclic) bond motifs is 1. The fourth-order valence-corrected chi connectivity index (χ4v) is 4.23. The number of benzene rings is 2. The topological polar surface area (TPSA) is 67.5 Å². The lowest BCUT2D eigenvalue weighted by Gasteiger charge is -1.98. The van der Waals surface area contributed by atoms with Crippen LogP contribution in [0.4, 0.5) is 4.39 Å². The number of thiazole rings is 1. The van der Waals surface area contributed by atoms with Gasteiger partial charge in [-0.15, -0.1) is 11.3 Å². The van der Waals surface area contributed by atoms with Crippen LogP contribution in [0.2, 0.25) is 0 Å². The Balaban J connectivity index is 1.38. The first-order valence-electron chi connectivity index (χ1n) is 7.89. The Kier molecular flexibility index (Phi) is 4.99. The predicted octanol–water partition coefficient (Wildman–Crippen LogP) is 4.94. The van der Waals surface area contributed by atoms with E-state index in [-0.39, 0.29) is 0 Å². The Hall–Kier alpha value is -2.97. The molecule has 1 N–H and O–H groups in total. The number of rotatable bonds is 5. The zero-order valence-electron chi connectivity index (χ0n) is 13.8. The number of hydrogen-bond acceptors (Lipinski definition) is 6. The molecule has 0 saturated carbocycles. The lowest BCUT2D eigenvalue weighted by atomic mass is 10.2. The molecule has 0 radical (unpaired) electrons. The van der Waals surface area contributed by atoms with Gasteiger partial charge in [-0.05, 0) is 60.3 Å². The molecule has 2 heterocycles. The molecule has 0 aliphatic heterocycles. The molecule has 27 heavy (non-hydrogen) atoms. The summed E-state index contributed by atoms with van der Waals surface area (Å²) in [6.07, 6.45) is 1.41. The number of carbonyl (C=O) groups is 1. The molecular formula is C19H12FN3O2S2. The van der Waals surface area contributed by atoms with Crippen molar-refractivity contribution in [3.05, 3.63) is 77.8 Å². The van der Waals surface area contributed by atoms with Crippen molar-refractivity contribution in [1.82, 2.24) is 10.4 Å². The zero-order chi connectivity index (χ0) is 18.6. The normalized spacial score (nSPS) is 11.3. The van der Waals surface area contributed by atoms with Crippen molar-refractivity contribution in [2.75, 3.05) is 0 Å². The van der Waals surface area contributed by atoms with Gasteiger partial charge in [0.15, 0.2) is 9.43 Å². The summed E-state index contributed by atoms with van der Waals surface area (Å²) < 4.78 is 20.5. The number of nitrogens with zero attached hydrogens (tertiary/aromatic N) is 2. The van der Waals surface area contributed by atoms with Crippen LogP contribution in [0.15, 0.2) is 79.6 Å². The van der Waals surface area contributed by atoms with Gasteiger partial charge in [-0.1, -0.05) is 12.1 Å². The summed E-state index contributed by atoms with van der Waals surface area (Å²) >= 11 is 3.02. The van der Waals surface area contributed by atoms with Crippen molar-refractivity contribution in [2.45, 2.75) is 9.43 Å². The third-order valence-electron chi connectivity index (χ3n) is 3.53. The summed E-state index contributed by atoms with van der Waals surface area (Å²) in [5, 5.41) is 4.54. The molecule has 2 aromatic carbocycles. The zero-order valence-corrected chi connectivity index (χ0v) is 15.4. The average molecular weight is 397 g/mol. The van der Waals surface area contributed by atoms with Gasteiger partial charge in [0.2, 0.25) is 0 Å². The third-order valence-corrected chi connectivity index (χ3v) is 5.55. The summed E-state index contributed by atoms with van der Waals surface area (Å²) in [5.41, 5.74) is 3.65. The molecular weight excluding hydrogens is 385 g/mol. The molecule has 0 aliphatic carbocycles. The first-order valence-corrected chi connectivity index (χ1v) is 9.53. The summed E-state index contributed by atoms with van der Waals surface area (Å²) in [5.74, 6) is -0.330. The first-order chi connectivity index (χ1) is 13.2. The van der Waals surface area contributed by atoms with Crippen LogP contribution in [0.3, 0.4) is 0 Å². The minimum absolute atomic E-state index is 0.320. The van der Waals surface area contributed by atoms with E-state index >= 15 is 0 Å². The van der Waals surface area contributed by atoms with Crippen LogP contribution in [0.25, 0.3) is 10.2 Å². The van der Waals surface area contributed by atoms with Crippen LogP contribution < -0.4 is 5.43 Å². The van der Waals surface area contributed by atoms with Crippen LogP contribution in [0, 0.1) is 5.82 Å². The lowest BCUT2D eigenvalue weighted by molar-refractivity contribution is 0.0955. The average Bonchev–Trinajstić information content (AvgIpc) is 3.28. The van der Waals surface area contributed by atoms with Gasteiger partial charge in [-0.25, -0.2) is 14.8 Å². The maximum atomic E-state index is 12.9. The Bertz CT molecular complexity index is 1090. The van der Waals surface area contributed by atoms with E-state index in [0.717, 1.165) is 14.6 Å². The van der Waals surface area contributed by atoms with Gasteiger partial charge in [-0.3, -0.25) is 4.79 Å². The molecule has 0 unspecified atom stereocenters. The van der Waals surface area contributed by atoms with Crippen LogP contribution in [-0.4, -0.2) is 17.1 Å². The van der Waals surface area contributed by atoms with Crippen molar-refractivity contribution >= 4 is 45.4 Å². The molecule has 0 atom stereocenters. The van der Waals surface area contributed by atoms with E-state index in [4.69, 9.17) is 4.42 Å². The predicted molar refractivity (Wildman–Crippen MR) is 104 cm³/mol. The summed E-state index contributed by atoms with van der Waals surface area (Å²) in [4.78, 5) is 16.4. The number of hydrogen-bond donors (Lipinski definition) is 1. The molecule has 4 aromatic rings. The van der Waals surface area contributed by atoms with Gasteiger partial charge < -0.3 is 4.42 Å². The molecule has 0 fully saturated rings. The molecule has 2 aromatic heterocycles. The second-order valence-corrected chi connectivity index (χ2v) is 7.69. The van der Waals surface area contributed by atoms with Crippen molar-refractivity contribution in [3.8, 4) is 0 Å². The first kappa shape index (κ1) is 17.4. The minimum atomic E-state index is -0.429. The van der Waals surface area contributed by atoms with E-state index in [1.54, 1.807) is 17.4 Å². The Morgan fingerprint density at radius 2 is 1.96 bits per heavy atom. The molecule has 134 valence electrons. The van der Waals surface area contributed by atoms with Gasteiger partial charge in [0.1, 0.15) is 11.6 Å². The van der Waals surface area contributed by atoms with Gasteiger partial charge in [0, 0.05) is 5.56 Å². The maximum absolute atomic E-state index is 12.9. The fraction of sp³-hybridized carbons (Fsp3) is 0. The lowest BCUT2D eigenvalue weighted by Crippen LogP contribution is -2.17. The monoisotopic (exact) mass is 397 g/mol. The summed E-state index contributed by atoms with van der Waals surface area (Å²) in [6, 6.07) is 16.7. The van der Waals surface area contributed by atoms with E-state index in [1.165, 1.54) is 42.2 Å². The van der Waals surface area contributed by atoms with E-state index in [9.17, 15) is 9.18 Å². The fourth-order valence-electron chi connectivity index (χ4n) is 2.26. The molecule has 5 nitrogen and oxygen atoms in total. The number of amides is 1. The summed E-state index contributed by atoms with van der Waals surface area (Å²) in [7, 11) is 0. The van der Waals surface area contributed by atoms with Crippen LogP contribution >= 0.6 is 23.1 Å². The number of halogens is 1. The van der Waals surface area contributed by atoms with Crippen LogP contribution in [0.5, 0.6) is 0 Å². The molecule has 1 amide bonds. The second kappa shape index (κ2) is 7.73. The Labute approximate surface area is 161 Å². The third kappa shape index (κ3) is 4.24. The van der Waals surface area contributed by atoms with E-state index < -0.39 is 11.7 Å². The van der Waals surface area contributed by atoms with Crippen LogP contribution in [-0.2, 0) is 0 Å². The largest absolute Gasteiger partial charge is 0.448 e. The number of para-hydroxylation sites is 1. The standard InChI is InChI=1S/C19H12FN3O2S2/c20-13-7-5-12(6-8-13)18(24)23-21-11-14-9-10-17(25-14)27-19-22-15-3-1-2-4-16(15)26-19/h1-11H,(H,23,24)/b21-11+. The maximum Gasteiger partial charge on any atom is 0.271 e. The van der Waals surface area contributed by atoms with Crippen molar-refractivity contribution < 1.29 is 13.6 Å². The number of carbonyl (C=O) groups excluding carboxylic acids is 1.